The van der Waals surface area contributed by atoms with E-state index in [1.54, 1.807) is 6.20 Å². The first-order valence-electron chi connectivity index (χ1n) is 6.88. The Morgan fingerprint density at radius 2 is 1.90 bits per heavy atom. The summed E-state index contributed by atoms with van der Waals surface area (Å²) in [7, 11) is -3.81. The van der Waals surface area contributed by atoms with E-state index in [4.69, 9.17) is 4.55 Å². The fourth-order valence-electron chi connectivity index (χ4n) is 2.36. The molecule has 1 aliphatic rings. The number of aromatic nitrogens is 1. The molecule has 2 rings (SSSR count). The molecule has 1 aromatic heterocycles. The second-order valence-corrected chi connectivity index (χ2v) is 6.58. The predicted molar refractivity (Wildman–Crippen MR) is 78.5 cm³/mol. The summed E-state index contributed by atoms with van der Waals surface area (Å²) in [6.45, 7) is 4.68. The fraction of sp³-hybridized carbons (Fsp3) is 0.615. The Morgan fingerprint density at radius 1 is 1.15 bits per heavy atom. The van der Waals surface area contributed by atoms with Gasteiger partial charge in [0.2, 0.25) is 0 Å². The van der Waals surface area contributed by atoms with E-state index in [0.717, 1.165) is 45.0 Å². The van der Waals surface area contributed by atoms with Crippen LogP contribution in [0.3, 0.4) is 0 Å². The Hall–Kier alpha value is -1.18. The topological polar surface area (TPSA) is 73.7 Å². The van der Waals surface area contributed by atoms with E-state index >= 15 is 0 Å². The standard InChI is InChI=1S/C13H21N3O3S/c17-20(18,19)12-4-3-7-15-8-10-16(11-9-15)13-5-1-2-6-14-13/h1-2,5-6H,3-4,7-12H2,(H,17,18,19). The molecule has 0 bridgehead atoms. The first-order valence-corrected chi connectivity index (χ1v) is 8.49. The van der Waals surface area contributed by atoms with E-state index in [0.29, 0.717) is 6.42 Å². The van der Waals surface area contributed by atoms with Gasteiger partial charge in [0.15, 0.2) is 0 Å². The van der Waals surface area contributed by atoms with Crippen molar-refractivity contribution in [2.75, 3.05) is 43.4 Å². The van der Waals surface area contributed by atoms with Gasteiger partial charge in [0.05, 0.1) is 5.75 Å². The van der Waals surface area contributed by atoms with Crippen molar-refractivity contribution in [2.45, 2.75) is 12.8 Å². The number of anilines is 1. The molecule has 0 saturated carbocycles. The number of pyridine rings is 1. The van der Waals surface area contributed by atoms with Gasteiger partial charge < -0.3 is 4.90 Å². The van der Waals surface area contributed by atoms with E-state index in [1.165, 1.54) is 0 Å². The minimum absolute atomic E-state index is 0.138. The third-order valence-corrected chi connectivity index (χ3v) is 4.28. The Labute approximate surface area is 120 Å². The Morgan fingerprint density at radius 3 is 2.50 bits per heavy atom. The maximum Gasteiger partial charge on any atom is 0.264 e. The van der Waals surface area contributed by atoms with Gasteiger partial charge in [-0.3, -0.25) is 9.45 Å². The van der Waals surface area contributed by atoms with E-state index in [1.807, 2.05) is 18.2 Å². The SMILES string of the molecule is O=S(=O)(O)CCCCN1CCN(c2ccccn2)CC1. The van der Waals surface area contributed by atoms with E-state index in [-0.39, 0.29) is 5.75 Å². The molecule has 112 valence electrons. The maximum absolute atomic E-state index is 10.6. The smallest absolute Gasteiger partial charge is 0.264 e. The van der Waals surface area contributed by atoms with Crippen LogP contribution in [0, 0.1) is 0 Å². The number of rotatable bonds is 6. The van der Waals surface area contributed by atoms with Crippen LogP contribution in [0.2, 0.25) is 0 Å². The second kappa shape index (κ2) is 7.01. The first kappa shape index (κ1) is 15.2. The van der Waals surface area contributed by atoms with Crippen LogP contribution in [-0.4, -0.2) is 61.3 Å². The summed E-state index contributed by atoms with van der Waals surface area (Å²) in [6, 6.07) is 5.92. The first-order chi connectivity index (χ1) is 9.54. The van der Waals surface area contributed by atoms with Crippen LogP contribution in [0.5, 0.6) is 0 Å². The van der Waals surface area contributed by atoms with Crippen molar-refractivity contribution in [1.29, 1.82) is 0 Å². The molecule has 7 heteroatoms. The molecule has 1 N–H and O–H groups in total. The molecular formula is C13H21N3O3S. The van der Waals surface area contributed by atoms with E-state index in [9.17, 15) is 8.42 Å². The second-order valence-electron chi connectivity index (χ2n) is 5.01. The molecule has 1 saturated heterocycles. The zero-order valence-corrected chi connectivity index (χ0v) is 12.3. The molecule has 6 nitrogen and oxygen atoms in total. The zero-order chi connectivity index (χ0) is 14.4. The van der Waals surface area contributed by atoms with Gasteiger partial charge in [-0.25, -0.2) is 4.98 Å². The minimum atomic E-state index is -3.81. The van der Waals surface area contributed by atoms with Crippen LogP contribution in [-0.2, 0) is 10.1 Å². The van der Waals surface area contributed by atoms with Crippen molar-refractivity contribution in [2.24, 2.45) is 0 Å². The maximum atomic E-state index is 10.6. The van der Waals surface area contributed by atoms with Gasteiger partial charge in [-0.15, -0.1) is 0 Å². The third kappa shape index (κ3) is 5.07. The molecule has 0 radical (unpaired) electrons. The third-order valence-electron chi connectivity index (χ3n) is 3.47. The summed E-state index contributed by atoms with van der Waals surface area (Å²) >= 11 is 0. The predicted octanol–water partition coefficient (Wildman–Crippen LogP) is 0.872. The molecule has 0 amide bonds. The van der Waals surface area contributed by atoms with Crippen molar-refractivity contribution in [3.63, 3.8) is 0 Å². The minimum Gasteiger partial charge on any atom is -0.354 e. The Kier molecular flexibility index (Phi) is 5.33. The van der Waals surface area contributed by atoms with E-state index < -0.39 is 10.1 Å². The summed E-state index contributed by atoms with van der Waals surface area (Å²) in [5, 5.41) is 0. The van der Waals surface area contributed by atoms with E-state index in [2.05, 4.69) is 14.8 Å². The molecule has 0 aliphatic carbocycles. The number of piperazine rings is 1. The van der Waals surface area contributed by atoms with Crippen LogP contribution in [0.4, 0.5) is 5.82 Å². The summed E-state index contributed by atoms with van der Waals surface area (Å²) in [4.78, 5) is 8.92. The Balaban J connectivity index is 1.67. The lowest BCUT2D eigenvalue weighted by Gasteiger charge is -2.35. The van der Waals surface area contributed by atoms with Crippen LogP contribution in [0.25, 0.3) is 0 Å². The fourth-order valence-corrected chi connectivity index (χ4v) is 2.93. The number of nitrogens with zero attached hydrogens (tertiary/aromatic N) is 3. The molecule has 0 unspecified atom stereocenters. The lowest BCUT2D eigenvalue weighted by Crippen LogP contribution is -2.46. The molecule has 1 fully saturated rings. The molecule has 0 atom stereocenters. The van der Waals surface area contributed by atoms with Crippen molar-refractivity contribution < 1.29 is 13.0 Å². The molecule has 0 aromatic carbocycles. The lowest BCUT2D eigenvalue weighted by molar-refractivity contribution is 0.253. The van der Waals surface area contributed by atoms with Gasteiger partial charge >= 0.3 is 0 Å². The average molecular weight is 299 g/mol. The molecular weight excluding hydrogens is 278 g/mol. The van der Waals surface area contributed by atoms with Gasteiger partial charge in [0, 0.05) is 32.4 Å². The average Bonchev–Trinajstić information content (AvgIpc) is 2.44. The van der Waals surface area contributed by atoms with Gasteiger partial charge in [-0.2, -0.15) is 8.42 Å². The highest BCUT2D eigenvalue weighted by Gasteiger charge is 2.17. The van der Waals surface area contributed by atoms with Gasteiger partial charge in [-0.05, 0) is 31.5 Å². The van der Waals surface area contributed by atoms with Crippen molar-refractivity contribution >= 4 is 15.9 Å². The quantitative estimate of drug-likeness (QED) is 0.621. The van der Waals surface area contributed by atoms with Gasteiger partial charge in [0.1, 0.15) is 5.82 Å². The molecule has 1 aliphatic heterocycles. The zero-order valence-electron chi connectivity index (χ0n) is 11.5. The molecule has 1 aromatic rings. The van der Waals surface area contributed by atoms with Gasteiger partial charge in [0.25, 0.3) is 10.1 Å². The monoisotopic (exact) mass is 299 g/mol. The summed E-state index contributed by atoms with van der Waals surface area (Å²) in [5.41, 5.74) is 0. The summed E-state index contributed by atoms with van der Waals surface area (Å²) in [5.74, 6) is 0.875. The molecule has 0 spiro atoms. The van der Waals surface area contributed by atoms with Crippen LogP contribution >= 0.6 is 0 Å². The summed E-state index contributed by atoms with van der Waals surface area (Å²) in [6.07, 6.45) is 3.11. The number of unbranched alkanes of at least 4 members (excludes halogenated alkanes) is 1. The van der Waals surface area contributed by atoms with Crippen molar-refractivity contribution in [1.82, 2.24) is 9.88 Å². The highest BCUT2D eigenvalue weighted by Crippen LogP contribution is 2.12. The Bertz CT molecular complexity index is 499. The van der Waals surface area contributed by atoms with Crippen molar-refractivity contribution in [3.8, 4) is 0 Å². The normalized spacial score (nSPS) is 17.4. The van der Waals surface area contributed by atoms with Crippen LogP contribution < -0.4 is 4.90 Å². The number of hydrogen-bond acceptors (Lipinski definition) is 5. The summed E-state index contributed by atoms with van der Waals surface area (Å²) < 4.78 is 29.9. The number of hydrogen-bond donors (Lipinski definition) is 1. The van der Waals surface area contributed by atoms with Crippen LogP contribution in [0.1, 0.15) is 12.8 Å². The van der Waals surface area contributed by atoms with Crippen molar-refractivity contribution in [3.05, 3.63) is 24.4 Å². The van der Waals surface area contributed by atoms with Crippen LogP contribution in [0.15, 0.2) is 24.4 Å². The highest BCUT2D eigenvalue weighted by atomic mass is 32.2. The molecule has 20 heavy (non-hydrogen) atoms. The molecule has 2 heterocycles. The largest absolute Gasteiger partial charge is 0.354 e. The lowest BCUT2D eigenvalue weighted by atomic mass is 10.2. The van der Waals surface area contributed by atoms with Gasteiger partial charge in [-0.1, -0.05) is 6.07 Å². The highest BCUT2D eigenvalue weighted by molar-refractivity contribution is 7.85.